The monoisotopic (exact) mass is 312 g/mol. The van der Waals surface area contributed by atoms with Crippen LogP contribution in [0, 0.1) is 24.0 Å². The first-order valence-electron chi connectivity index (χ1n) is 7.55. The van der Waals surface area contributed by atoms with Crippen LogP contribution in [0.25, 0.3) is 0 Å². The van der Waals surface area contributed by atoms with E-state index in [4.69, 9.17) is 0 Å². The summed E-state index contributed by atoms with van der Waals surface area (Å²) in [6.45, 7) is 5.60. The summed E-state index contributed by atoms with van der Waals surface area (Å²) in [4.78, 5) is 23.2. The molecule has 1 amide bonds. The number of hydrogen-bond acceptors (Lipinski definition) is 3. The molecule has 5 heteroatoms. The third kappa shape index (κ3) is 3.74. The minimum absolute atomic E-state index is 0.0977. The van der Waals surface area contributed by atoms with Crippen molar-refractivity contribution in [3.8, 4) is 0 Å². The molecule has 5 nitrogen and oxygen atoms in total. The van der Waals surface area contributed by atoms with E-state index in [1.165, 1.54) is 6.07 Å². The predicted molar refractivity (Wildman–Crippen MR) is 89.5 cm³/mol. The van der Waals surface area contributed by atoms with E-state index in [2.05, 4.69) is 5.32 Å². The number of nitro benzene ring substituents is 1. The van der Waals surface area contributed by atoms with Crippen LogP contribution in [0.4, 0.5) is 5.69 Å². The highest BCUT2D eigenvalue weighted by molar-refractivity contribution is 5.98. The minimum Gasteiger partial charge on any atom is -0.345 e. The smallest absolute Gasteiger partial charge is 0.285 e. The van der Waals surface area contributed by atoms with Gasteiger partial charge in [0.05, 0.1) is 11.0 Å². The van der Waals surface area contributed by atoms with E-state index < -0.39 is 10.8 Å². The second-order valence-corrected chi connectivity index (χ2v) is 5.57. The minimum atomic E-state index is -0.503. The van der Waals surface area contributed by atoms with E-state index in [9.17, 15) is 14.9 Å². The van der Waals surface area contributed by atoms with Crippen molar-refractivity contribution in [1.29, 1.82) is 0 Å². The van der Waals surface area contributed by atoms with Crippen LogP contribution in [0.1, 0.15) is 46.4 Å². The molecule has 1 N–H and O–H groups in total. The molecular formula is C18H20N2O3. The largest absolute Gasteiger partial charge is 0.345 e. The van der Waals surface area contributed by atoms with E-state index in [1.54, 1.807) is 19.1 Å². The second kappa shape index (κ2) is 7.05. The van der Waals surface area contributed by atoms with Crippen molar-refractivity contribution in [2.75, 3.05) is 0 Å². The summed E-state index contributed by atoms with van der Waals surface area (Å²) in [5.74, 6) is -0.423. The molecule has 23 heavy (non-hydrogen) atoms. The molecule has 0 spiro atoms. The molecule has 0 aliphatic rings. The lowest BCUT2D eigenvalue weighted by molar-refractivity contribution is -0.385. The average Bonchev–Trinajstić information content (AvgIpc) is 2.52. The van der Waals surface area contributed by atoms with Crippen molar-refractivity contribution in [2.45, 2.75) is 33.2 Å². The van der Waals surface area contributed by atoms with Gasteiger partial charge in [0.15, 0.2) is 0 Å². The fourth-order valence-electron chi connectivity index (χ4n) is 2.54. The van der Waals surface area contributed by atoms with Crippen LogP contribution in [-0.2, 0) is 0 Å². The predicted octanol–water partition coefficient (Wildman–Crippen LogP) is 4.09. The zero-order chi connectivity index (χ0) is 17.0. The van der Waals surface area contributed by atoms with Gasteiger partial charge in [-0.2, -0.15) is 0 Å². The molecule has 1 unspecified atom stereocenters. The first-order chi connectivity index (χ1) is 10.9. The Bertz CT molecular complexity index is 724. The summed E-state index contributed by atoms with van der Waals surface area (Å²) >= 11 is 0. The number of nitro groups is 1. The van der Waals surface area contributed by atoms with Crippen LogP contribution in [0.5, 0.6) is 0 Å². The molecule has 1 atom stereocenters. The van der Waals surface area contributed by atoms with Crippen LogP contribution in [-0.4, -0.2) is 10.8 Å². The van der Waals surface area contributed by atoms with E-state index in [0.29, 0.717) is 12.0 Å². The fourth-order valence-corrected chi connectivity index (χ4v) is 2.54. The fraction of sp³-hybridized carbons (Fsp3) is 0.278. The lowest BCUT2D eigenvalue weighted by Crippen LogP contribution is -2.28. The van der Waals surface area contributed by atoms with Crippen molar-refractivity contribution < 1.29 is 9.72 Å². The molecule has 0 saturated carbocycles. The average molecular weight is 312 g/mol. The van der Waals surface area contributed by atoms with Gasteiger partial charge in [-0.25, -0.2) is 0 Å². The zero-order valence-electron chi connectivity index (χ0n) is 13.5. The standard InChI is InChI=1S/C18H20N2O3/c1-4-16(14-10-8-12(2)9-11-14)19-18(21)15-7-5-6-13(3)17(15)20(22)23/h5-11,16H,4H2,1-3H3,(H,19,21). The summed E-state index contributed by atoms with van der Waals surface area (Å²) in [7, 11) is 0. The van der Waals surface area contributed by atoms with Crippen LogP contribution < -0.4 is 5.32 Å². The molecule has 0 radical (unpaired) electrons. The van der Waals surface area contributed by atoms with Crippen molar-refractivity contribution >= 4 is 11.6 Å². The van der Waals surface area contributed by atoms with E-state index in [-0.39, 0.29) is 17.3 Å². The van der Waals surface area contributed by atoms with Crippen LogP contribution in [0.15, 0.2) is 42.5 Å². The van der Waals surface area contributed by atoms with Crippen molar-refractivity contribution in [2.24, 2.45) is 0 Å². The number of carbonyl (C=O) groups excluding carboxylic acids is 1. The summed E-state index contributed by atoms with van der Waals surface area (Å²) in [6, 6.07) is 12.5. The van der Waals surface area contributed by atoms with Gasteiger partial charge in [0, 0.05) is 5.56 Å². The van der Waals surface area contributed by atoms with Gasteiger partial charge in [0.1, 0.15) is 5.56 Å². The molecular weight excluding hydrogens is 292 g/mol. The number of aryl methyl sites for hydroxylation is 2. The third-order valence-electron chi connectivity index (χ3n) is 3.86. The van der Waals surface area contributed by atoms with E-state index in [1.807, 2.05) is 38.1 Å². The van der Waals surface area contributed by atoms with Gasteiger partial charge >= 0.3 is 0 Å². The summed E-state index contributed by atoms with van der Waals surface area (Å²) in [5, 5.41) is 14.1. The van der Waals surface area contributed by atoms with Crippen molar-refractivity contribution in [1.82, 2.24) is 5.32 Å². The summed E-state index contributed by atoms with van der Waals surface area (Å²) in [6.07, 6.45) is 0.703. The maximum absolute atomic E-state index is 12.5. The number of nitrogens with zero attached hydrogens (tertiary/aromatic N) is 1. The van der Waals surface area contributed by atoms with Crippen LogP contribution in [0.3, 0.4) is 0 Å². The number of rotatable bonds is 5. The van der Waals surface area contributed by atoms with Crippen molar-refractivity contribution in [3.05, 3.63) is 74.8 Å². The van der Waals surface area contributed by atoms with Gasteiger partial charge in [0.25, 0.3) is 11.6 Å². The Morgan fingerprint density at radius 3 is 2.39 bits per heavy atom. The highest BCUT2D eigenvalue weighted by Gasteiger charge is 2.24. The molecule has 0 bridgehead atoms. The Morgan fingerprint density at radius 2 is 1.83 bits per heavy atom. The SMILES string of the molecule is CCC(NC(=O)c1cccc(C)c1[N+](=O)[O-])c1ccc(C)cc1. The highest BCUT2D eigenvalue weighted by Crippen LogP contribution is 2.24. The Hall–Kier alpha value is -2.69. The maximum Gasteiger partial charge on any atom is 0.285 e. The number of amides is 1. The number of nitrogens with one attached hydrogen (secondary N) is 1. The Labute approximate surface area is 135 Å². The summed E-state index contributed by atoms with van der Waals surface area (Å²) in [5.41, 5.74) is 2.57. The van der Waals surface area contributed by atoms with Crippen molar-refractivity contribution in [3.63, 3.8) is 0 Å². The maximum atomic E-state index is 12.5. The van der Waals surface area contributed by atoms with Crippen LogP contribution >= 0.6 is 0 Å². The quantitative estimate of drug-likeness (QED) is 0.667. The third-order valence-corrected chi connectivity index (χ3v) is 3.86. The number of hydrogen-bond donors (Lipinski definition) is 1. The van der Waals surface area contributed by atoms with Gasteiger partial charge in [-0.05, 0) is 31.9 Å². The highest BCUT2D eigenvalue weighted by atomic mass is 16.6. The van der Waals surface area contributed by atoms with E-state index in [0.717, 1.165) is 11.1 Å². The first-order valence-corrected chi connectivity index (χ1v) is 7.55. The molecule has 0 aliphatic heterocycles. The molecule has 0 saturated heterocycles. The molecule has 2 aromatic carbocycles. The Balaban J connectivity index is 2.29. The molecule has 0 fully saturated rings. The molecule has 0 heterocycles. The van der Waals surface area contributed by atoms with Gasteiger partial charge < -0.3 is 5.32 Å². The molecule has 0 aliphatic carbocycles. The van der Waals surface area contributed by atoms with Gasteiger partial charge in [-0.3, -0.25) is 14.9 Å². The Kier molecular flexibility index (Phi) is 5.11. The zero-order valence-corrected chi connectivity index (χ0v) is 13.5. The lowest BCUT2D eigenvalue weighted by atomic mass is 10.0. The van der Waals surface area contributed by atoms with Gasteiger partial charge in [0.2, 0.25) is 0 Å². The lowest BCUT2D eigenvalue weighted by Gasteiger charge is -2.18. The molecule has 2 rings (SSSR count). The molecule has 2 aromatic rings. The summed E-state index contributed by atoms with van der Waals surface area (Å²) < 4.78 is 0. The first kappa shape index (κ1) is 16.7. The molecule has 120 valence electrons. The number of para-hydroxylation sites is 1. The topological polar surface area (TPSA) is 72.2 Å². The second-order valence-electron chi connectivity index (χ2n) is 5.57. The van der Waals surface area contributed by atoms with Crippen LogP contribution in [0.2, 0.25) is 0 Å². The van der Waals surface area contributed by atoms with E-state index >= 15 is 0 Å². The van der Waals surface area contributed by atoms with Gasteiger partial charge in [-0.1, -0.05) is 48.9 Å². The van der Waals surface area contributed by atoms with Gasteiger partial charge in [-0.15, -0.1) is 0 Å². The Morgan fingerprint density at radius 1 is 1.17 bits per heavy atom. The molecule has 0 aromatic heterocycles. The number of carbonyl (C=O) groups is 1. The normalized spacial score (nSPS) is 11.8. The number of benzene rings is 2.